The zero-order valence-corrected chi connectivity index (χ0v) is 11.2. The summed E-state index contributed by atoms with van der Waals surface area (Å²) in [4.78, 5) is 0. The van der Waals surface area contributed by atoms with Crippen molar-refractivity contribution in [1.82, 2.24) is 0 Å². The summed E-state index contributed by atoms with van der Waals surface area (Å²) in [6, 6.07) is 5.35. The molecular weight excluding hydrogens is 271 g/mol. The van der Waals surface area contributed by atoms with Crippen LogP contribution in [-0.2, 0) is 11.2 Å². The molecule has 0 amide bonds. The second-order valence-electron chi connectivity index (χ2n) is 5.06. The molecular formula is C14H18F3NO2. The number of hydrogen-bond donors (Lipinski definition) is 1. The minimum Gasteiger partial charge on any atom is -0.490 e. The largest absolute Gasteiger partial charge is 0.490 e. The van der Waals surface area contributed by atoms with Gasteiger partial charge in [0.15, 0.2) is 0 Å². The SMILES string of the molecule is CC1Cc2cc(C(N)CCOCC(F)(F)F)ccc2O1. The molecule has 2 rings (SSSR count). The average Bonchev–Trinajstić information content (AvgIpc) is 2.72. The molecule has 1 aliphatic rings. The highest BCUT2D eigenvalue weighted by molar-refractivity contribution is 5.41. The monoisotopic (exact) mass is 289 g/mol. The minimum absolute atomic E-state index is 0.00926. The Kier molecular flexibility index (Phi) is 4.55. The maximum Gasteiger partial charge on any atom is 0.411 e. The molecule has 0 spiro atoms. The number of alkyl halides is 3. The van der Waals surface area contributed by atoms with Crippen LogP contribution in [0.2, 0.25) is 0 Å². The Morgan fingerprint density at radius 2 is 2.20 bits per heavy atom. The van der Waals surface area contributed by atoms with Crippen LogP contribution in [-0.4, -0.2) is 25.5 Å². The molecule has 0 bridgehead atoms. The second-order valence-corrected chi connectivity index (χ2v) is 5.06. The van der Waals surface area contributed by atoms with Gasteiger partial charge in [0.25, 0.3) is 0 Å². The Balaban J connectivity index is 1.84. The van der Waals surface area contributed by atoms with Crippen LogP contribution in [0.4, 0.5) is 13.2 Å². The van der Waals surface area contributed by atoms with E-state index in [1.165, 1.54) is 0 Å². The summed E-state index contributed by atoms with van der Waals surface area (Å²) in [6.07, 6.45) is -2.94. The molecule has 1 heterocycles. The third kappa shape index (κ3) is 4.11. The van der Waals surface area contributed by atoms with Gasteiger partial charge >= 0.3 is 6.18 Å². The first-order valence-electron chi connectivity index (χ1n) is 6.55. The van der Waals surface area contributed by atoms with Gasteiger partial charge in [-0.3, -0.25) is 0 Å². The third-order valence-corrected chi connectivity index (χ3v) is 3.19. The summed E-state index contributed by atoms with van der Waals surface area (Å²) in [6.45, 7) is 0.754. The van der Waals surface area contributed by atoms with Crippen LogP contribution in [0.1, 0.15) is 30.5 Å². The van der Waals surface area contributed by atoms with E-state index in [4.69, 9.17) is 10.5 Å². The van der Waals surface area contributed by atoms with E-state index < -0.39 is 12.8 Å². The lowest BCUT2D eigenvalue weighted by atomic mass is 10.0. The van der Waals surface area contributed by atoms with Gasteiger partial charge in [-0.1, -0.05) is 12.1 Å². The van der Waals surface area contributed by atoms with Crippen molar-refractivity contribution < 1.29 is 22.6 Å². The summed E-state index contributed by atoms with van der Waals surface area (Å²) in [5.74, 6) is 0.863. The summed E-state index contributed by atoms with van der Waals surface area (Å²) < 4.78 is 45.9. The van der Waals surface area contributed by atoms with Crippen LogP contribution in [0.25, 0.3) is 0 Å². The van der Waals surface area contributed by atoms with Crippen molar-refractivity contribution in [3.63, 3.8) is 0 Å². The van der Waals surface area contributed by atoms with Crippen LogP contribution >= 0.6 is 0 Å². The summed E-state index contributed by atoms with van der Waals surface area (Å²) in [5.41, 5.74) is 7.97. The number of ether oxygens (including phenoxy) is 2. The number of rotatable bonds is 5. The van der Waals surface area contributed by atoms with Crippen LogP contribution in [0.3, 0.4) is 0 Å². The Labute approximate surface area is 115 Å². The van der Waals surface area contributed by atoms with Crippen LogP contribution < -0.4 is 10.5 Å². The van der Waals surface area contributed by atoms with Gasteiger partial charge in [-0.05, 0) is 30.5 Å². The van der Waals surface area contributed by atoms with Gasteiger partial charge in [0.1, 0.15) is 18.5 Å². The maximum absolute atomic E-state index is 11.9. The quantitative estimate of drug-likeness (QED) is 0.848. The highest BCUT2D eigenvalue weighted by Crippen LogP contribution is 2.31. The lowest BCUT2D eigenvalue weighted by Crippen LogP contribution is -2.19. The van der Waals surface area contributed by atoms with E-state index in [1.807, 2.05) is 25.1 Å². The first-order valence-corrected chi connectivity index (χ1v) is 6.55. The van der Waals surface area contributed by atoms with Gasteiger partial charge in [-0.2, -0.15) is 13.2 Å². The predicted molar refractivity (Wildman–Crippen MR) is 68.7 cm³/mol. The minimum atomic E-state index is -4.29. The fraction of sp³-hybridized carbons (Fsp3) is 0.571. The molecule has 20 heavy (non-hydrogen) atoms. The molecule has 2 atom stereocenters. The summed E-state index contributed by atoms with van der Waals surface area (Å²) in [7, 11) is 0. The molecule has 1 aliphatic heterocycles. The van der Waals surface area contributed by atoms with E-state index in [-0.39, 0.29) is 18.8 Å². The molecule has 1 aromatic carbocycles. The molecule has 0 saturated heterocycles. The smallest absolute Gasteiger partial charge is 0.411 e. The van der Waals surface area contributed by atoms with Crippen molar-refractivity contribution in [2.75, 3.05) is 13.2 Å². The number of hydrogen-bond acceptors (Lipinski definition) is 3. The van der Waals surface area contributed by atoms with Gasteiger partial charge in [-0.25, -0.2) is 0 Å². The van der Waals surface area contributed by atoms with Crippen molar-refractivity contribution in [3.05, 3.63) is 29.3 Å². The molecule has 112 valence electrons. The van der Waals surface area contributed by atoms with Gasteiger partial charge in [0.05, 0.1) is 0 Å². The van der Waals surface area contributed by atoms with Crippen LogP contribution in [0.15, 0.2) is 18.2 Å². The summed E-state index contributed by atoms with van der Waals surface area (Å²) >= 11 is 0. The standard InChI is InChI=1S/C14H18F3NO2/c1-9-6-11-7-10(2-3-13(11)20-9)12(18)4-5-19-8-14(15,16)17/h2-3,7,9,12H,4-6,8,18H2,1H3. The van der Waals surface area contributed by atoms with Crippen molar-refractivity contribution in [3.8, 4) is 5.75 Å². The zero-order valence-electron chi connectivity index (χ0n) is 11.2. The Bertz CT molecular complexity index is 462. The van der Waals surface area contributed by atoms with Crippen molar-refractivity contribution in [2.45, 2.75) is 38.1 Å². The van der Waals surface area contributed by atoms with E-state index >= 15 is 0 Å². The van der Waals surface area contributed by atoms with Gasteiger partial charge in [0, 0.05) is 19.1 Å². The molecule has 2 N–H and O–H groups in total. The van der Waals surface area contributed by atoms with E-state index in [1.54, 1.807) is 0 Å². The van der Waals surface area contributed by atoms with Gasteiger partial charge in [0.2, 0.25) is 0 Å². The molecule has 6 heteroatoms. The Morgan fingerprint density at radius 1 is 1.45 bits per heavy atom. The van der Waals surface area contributed by atoms with Crippen LogP contribution in [0, 0.1) is 0 Å². The third-order valence-electron chi connectivity index (χ3n) is 3.19. The van der Waals surface area contributed by atoms with Crippen molar-refractivity contribution >= 4 is 0 Å². The van der Waals surface area contributed by atoms with Crippen molar-refractivity contribution in [1.29, 1.82) is 0 Å². The molecule has 0 aliphatic carbocycles. The Hall–Kier alpha value is -1.27. The fourth-order valence-electron chi connectivity index (χ4n) is 2.24. The highest BCUT2D eigenvalue weighted by atomic mass is 19.4. The van der Waals surface area contributed by atoms with E-state index in [9.17, 15) is 13.2 Å². The predicted octanol–water partition coefficient (Wildman–Crippen LogP) is 2.98. The molecule has 0 aromatic heterocycles. The Morgan fingerprint density at radius 3 is 2.90 bits per heavy atom. The second kappa shape index (κ2) is 6.01. The zero-order chi connectivity index (χ0) is 14.8. The van der Waals surface area contributed by atoms with Gasteiger partial charge in [-0.15, -0.1) is 0 Å². The van der Waals surface area contributed by atoms with Crippen LogP contribution in [0.5, 0.6) is 5.75 Å². The number of halogens is 3. The number of nitrogens with two attached hydrogens (primary N) is 1. The first kappa shape index (κ1) is 15.1. The number of benzene rings is 1. The number of fused-ring (bicyclic) bond motifs is 1. The highest BCUT2D eigenvalue weighted by Gasteiger charge is 2.27. The lowest BCUT2D eigenvalue weighted by molar-refractivity contribution is -0.174. The molecule has 0 saturated carbocycles. The molecule has 1 aromatic rings. The van der Waals surface area contributed by atoms with Crippen molar-refractivity contribution in [2.24, 2.45) is 5.73 Å². The summed E-state index contributed by atoms with van der Waals surface area (Å²) in [5, 5.41) is 0. The van der Waals surface area contributed by atoms with E-state index in [0.29, 0.717) is 6.42 Å². The molecule has 3 nitrogen and oxygen atoms in total. The molecule has 0 fully saturated rings. The maximum atomic E-state index is 11.9. The van der Waals surface area contributed by atoms with E-state index in [2.05, 4.69) is 4.74 Å². The molecule has 0 radical (unpaired) electrons. The molecule has 2 unspecified atom stereocenters. The topological polar surface area (TPSA) is 44.5 Å². The average molecular weight is 289 g/mol. The van der Waals surface area contributed by atoms with E-state index in [0.717, 1.165) is 23.3 Å². The first-order chi connectivity index (χ1) is 9.35. The fourth-order valence-corrected chi connectivity index (χ4v) is 2.24. The van der Waals surface area contributed by atoms with Gasteiger partial charge < -0.3 is 15.2 Å². The lowest BCUT2D eigenvalue weighted by Gasteiger charge is -2.14. The normalized spacial score (nSPS) is 19.6.